The number of hydrogen-bond donors (Lipinski definition) is 1. The van der Waals surface area contributed by atoms with E-state index >= 15 is 0 Å². The van der Waals surface area contributed by atoms with E-state index in [9.17, 15) is 17.2 Å². The van der Waals surface area contributed by atoms with Crippen LogP contribution < -0.4 is 5.73 Å². The molecule has 0 amide bonds. The Morgan fingerprint density at radius 1 is 1.19 bits per heavy atom. The summed E-state index contributed by atoms with van der Waals surface area (Å²) in [6.45, 7) is 2.11. The topological polar surface area (TPSA) is 63.4 Å². The van der Waals surface area contributed by atoms with Gasteiger partial charge in [-0.3, -0.25) is 0 Å². The average molecular weight is 316 g/mol. The molecule has 0 spiro atoms. The van der Waals surface area contributed by atoms with E-state index in [1.54, 1.807) is 0 Å². The minimum absolute atomic E-state index is 0.00926. The lowest BCUT2D eigenvalue weighted by Crippen LogP contribution is -2.34. The third kappa shape index (κ3) is 2.37. The molecule has 2 aliphatic rings. The van der Waals surface area contributed by atoms with Crippen molar-refractivity contribution in [2.75, 3.05) is 13.1 Å². The average Bonchev–Trinajstić information content (AvgIpc) is 2.97. The number of sulfonamides is 1. The Morgan fingerprint density at radius 2 is 1.90 bits per heavy atom. The first-order chi connectivity index (χ1) is 9.80. The van der Waals surface area contributed by atoms with Crippen LogP contribution in [0.4, 0.5) is 8.78 Å². The van der Waals surface area contributed by atoms with Gasteiger partial charge in [-0.1, -0.05) is 0 Å². The lowest BCUT2D eigenvalue weighted by molar-refractivity contribution is 0.423. The molecule has 1 aromatic rings. The van der Waals surface area contributed by atoms with Gasteiger partial charge in [-0.15, -0.1) is 0 Å². The van der Waals surface area contributed by atoms with Crippen LogP contribution in [0.5, 0.6) is 0 Å². The molecule has 3 rings (SSSR count). The van der Waals surface area contributed by atoms with Crippen molar-refractivity contribution in [1.29, 1.82) is 0 Å². The van der Waals surface area contributed by atoms with Gasteiger partial charge in [-0.2, -0.15) is 4.31 Å². The van der Waals surface area contributed by atoms with Crippen LogP contribution >= 0.6 is 0 Å². The molecule has 1 saturated carbocycles. The van der Waals surface area contributed by atoms with E-state index in [1.165, 1.54) is 11.2 Å². The number of rotatable bonds is 2. The van der Waals surface area contributed by atoms with Crippen molar-refractivity contribution >= 4 is 10.0 Å². The summed E-state index contributed by atoms with van der Waals surface area (Å²) in [6, 6.07) is 1.70. The number of nitrogens with zero attached hydrogens (tertiary/aromatic N) is 1. The zero-order chi connectivity index (χ0) is 15.4. The summed E-state index contributed by atoms with van der Waals surface area (Å²) < 4.78 is 53.6. The molecule has 2 N–H and O–H groups in total. The molecular weight excluding hydrogens is 298 g/mol. The molecule has 0 aromatic heterocycles. The molecule has 1 aliphatic heterocycles. The summed E-state index contributed by atoms with van der Waals surface area (Å²) in [6.07, 6.45) is 1.82. The van der Waals surface area contributed by atoms with E-state index in [-0.39, 0.29) is 23.4 Å². The van der Waals surface area contributed by atoms with Crippen LogP contribution in [0.2, 0.25) is 0 Å². The number of nitrogens with two attached hydrogens (primary N) is 1. The molecule has 3 unspecified atom stereocenters. The van der Waals surface area contributed by atoms with Crippen LogP contribution in [0, 0.1) is 30.4 Å². The summed E-state index contributed by atoms with van der Waals surface area (Å²) >= 11 is 0. The van der Waals surface area contributed by atoms with Crippen molar-refractivity contribution in [3.8, 4) is 0 Å². The summed E-state index contributed by atoms with van der Waals surface area (Å²) in [5, 5.41) is 0. The maximum atomic E-state index is 13.9. The Labute approximate surface area is 123 Å². The van der Waals surface area contributed by atoms with Crippen LogP contribution in [0.1, 0.15) is 18.4 Å². The number of halogens is 2. The SMILES string of the molecule is Cc1cc(S(=O)(=O)N2CC3CCC(N)C3C2)c(F)cc1F. The van der Waals surface area contributed by atoms with Crippen molar-refractivity contribution < 1.29 is 17.2 Å². The molecule has 1 saturated heterocycles. The first kappa shape index (κ1) is 14.9. The number of aryl methyl sites for hydroxylation is 1. The highest BCUT2D eigenvalue weighted by molar-refractivity contribution is 7.89. The third-order valence-corrected chi connectivity index (χ3v) is 6.56. The molecule has 3 atom stereocenters. The fourth-order valence-electron chi connectivity index (χ4n) is 3.43. The minimum Gasteiger partial charge on any atom is -0.327 e. The fourth-order valence-corrected chi connectivity index (χ4v) is 5.10. The van der Waals surface area contributed by atoms with Crippen LogP contribution in [0.3, 0.4) is 0 Å². The smallest absolute Gasteiger partial charge is 0.246 e. The summed E-state index contributed by atoms with van der Waals surface area (Å²) in [5.74, 6) is -1.39. The van der Waals surface area contributed by atoms with Crippen molar-refractivity contribution in [1.82, 2.24) is 4.31 Å². The number of hydrogen-bond acceptors (Lipinski definition) is 3. The van der Waals surface area contributed by atoms with Crippen LogP contribution in [0.25, 0.3) is 0 Å². The predicted molar refractivity (Wildman–Crippen MR) is 74.0 cm³/mol. The van der Waals surface area contributed by atoms with E-state index in [4.69, 9.17) is 5.73 Å². The standard InChI is InChI=1S/C14H18F2N2O2S/c1-8-4-14(12(16)5-11(8)15)21(19,20)18-6-9-2-3-13(17)10(9)7-18/h4-5,9-10,13H,2-3,6-7,17H2,1H3. The largest absolute Gasteiger partial charge is 0.327 e. The molecule has 21 heavy (non-hydrogen) atoms. The Bertz CT molecular complexity index is 678. The summed E-state index contributed by atoms with van der Waals surface area (Å²) in [5.41, 5.74) is 6.11. The van der Waals surface area contributed by atoms with Gasteiger partial charge in [-0.05, 0) is 43.2 Å². The van der Waals surface area contributed by atoms with E-state index < -0.39 is 26.6 Å². The Balaban J connectivity index is 1.94. The first-order valence-corrected chi connectivity index (χ1v) is 8.46. The molecule has 4 nitrogen and oxygen atoms in total. The monoisotopic (exact) mass is 316 g/mol. The van der Waals surface area contributed by atoms with Crippen molar-refractivity contribution in [2.45, 2.75) is 30.7 Å². The molecule has 1 aromatic carbocycles. The molecule has 116 valence electrons. The zero-order valence-corrected chi connectivity index (χ0v) is 12.5. The number of fused-ring (bicyclic) bond motifs is 1. The Kier molecular flexibility index (Phi) is 3.54. The molecule has 7 heteroatoms. The maximum absolute atomic E-state index is 13.9. The third-order valence-electron chi connectivity index (χ3n) is 4.71. The van der Waals surface area contributed by atoms with Crippen LogP contribution in [0.15, 0.2) is 17.0 Å². The van der Waals surface area contributed by atoms with Crippen molar-refractivity contribution in [3.63, 3.8) is 0 Å². The minimum atomic E-state index is -3.94. The van der Waals surface area contributed by atoms with E-state index in [0.29, 0.717) is 19.2 Å². The van der Waals surface area contributed by atoms with Crippen LogP contribution in [-0.4, -0.2) is 31.9 Å². The first-order valence-electron chi connectivity index (χ1n) is 7.02. The normalized spacial score (nSPS) is 29.8. The summed E-state index contributed by atoms with van der Waals surface area (Å²) in [4.78, 5) is -0.449. The van der Waals surface area contributed by atoms with Crippen molar-refractivity contribution in [3.05, 3.63) is 29.3 Å². The quantitative estimate of drug-likeness (QED) is 0.902. The van der Waals surface area contributed by atoms with Gasteiger partial charge in [0.05, 0.1) is 0 Å². The van der Waals surface area contributed by atoms with E-state index in [2.05, 4.69) is 0 Å². The van der Waals surface area contributed by atoms with E-state index in [0.717, 1.165) is 18.9 Å². The molecular formula is C14H18F2N2O2S. The Morgan fingerprint density at radius 3 is 2.57 bits per heavy atom. The lowest BCUT2D eigenvalue weighted by atomic mass is 9.98. The molecule has 1 aliphatic carbocycles. The second-order valence-corrected chi connectivity index (χ2v) is 7.93. The number of benzene rings is 1. The highest BCUT2D eigenvalue weighted by Crippen LogP contribution is 2.39. The maximum Gasteiger partial charge on any atom is 0.246 e. The van der Waals surface area contributed by atoms with Gasteiger partial charge in [0.2, 0.25) is 10.0 Å². The highest BCUT2D eigenvalue weighted by atomic mass is 32.2. The Hall–Kier alpha value is -1.05. The highest BCUT2D eigenvalue weighted by Gasteiger charge is 2.45. The van der Waals surface area contributed by atoms with Gasteiger partial charge < -0.3 is 5.73 Å². The lowest BCUT2D eigenvalue weighted by Gasteiger charge is -2.19. The van der Waals surface area contributed by atoms with Gasteiger partial charge in [0.25, 0.3) is 0 Å². The second kappa shape index (κ2) is 5.00. The van der Waals surface area contributed by atoms with Gasteiger partial charge in [0.15, 0.2) is 0 Å². The summed E-state index contributed by atoms with van der Waals surface area (Å²) in [7, 11) is -3.94. The molecule has 0 bridgehead atoms. The molecule has 0 radical (unpaired) electrons. The van der Waals surface area contributed by atoms with E-state index in [1.807, 2.05) is 0 Å². The molecule has 1 heterocycles. The van der Waals surface area contributed by atoms with Gasteiger partial charge in [-0.25, -0.2) is 17.2 Å². The zero-order valence-electron chi connectivity index (χ0n) is 11.7. The second-order valence-electron chi connectivity index (χ2n) is 6.02. The van der Waals surface area contributed by atoms with Gasteiger partial charge in [0.1, 0.15) is 16.5 Å². The van der Waals surface area contributed by atoms with Gasteiger partial charge >= 0.3 is 0 Å². The molecule has 2 fully saturated rings. The van der Waals surface area contributed by atoms with Gasteiger partial charge in [0, 0.05) is 25.2 Å². The fraction of sp³-hybridized carbons (Fsp3) is 0.571. The van der Waals surface area contributed by atoms with Crippen molar-refractivity contribution in [2.24, 2.45) is 17.6 Å². The van der Waals surface area contributed by atoms with Crippen LogP contribution in [-0.2, 0) is 10.0 Å². The predicted octanol–water partition coefficient (Wildman–Crippen LogP) is 1.63.